The lowest BCUT2D eigenvalue weighted by atomic mass is 10.1. The fourth-order valence-electron chi connectivity index (χ4n) is 2.51. The molecule has 0 spiro atoms. The van der Waals surface area contributed by atoms with Gasteiger partial charge in [-0.3, -0.25) is 4.98 Å². The summed E-state index contributed by atoms with van der Waals surface area (Å²) in [5.74, 6) is 0.281. The Labute approximate surface area is 132 Å². The van der Waals surface area contributed by atoms with E-state index in [9.17, 15) is 4.79 Å². The van der Waals surface area contributed by atoms with Gasteiger partial charge < -0.3 is 10.1 Å². The maximum absolute atomic E-state index is 11.6. The molecule has 1 aliphatic carbocycles. The van der Waals surface area contributed by atoms with Crippen LogP contribution in [0.3, 0.4) is 0 Å². The predicted molar refractivity (Wildman–Crippen MR) is 87.7 cm³/mol. The van der Waals surface area contributed by atoms with E-state index in [2.05, 4.69) is 17.4 Å². The summed E-state index contributed by atoms with van der Waals surface area (Å²) in [6.45, 7) is 3.68. The van der Waals surface area contributed by atoms with Gasteiger partial charge in [-0.05, 0) is 32.4 Å². The molecule has 116 valence electrons. The summed E-state index contributed by atoms with van der Waals surface area (Å²) >= 11 is 0. The van der Waals surface area contributed by atoms with E-state index < -0.39 is 0 Å². The van der Waals surface area contributed by atoms with Crippen molar-refractivity contribution in [1.29, 1.82) is 0 Å². The summed E-state index contributed by atoms with van der Waals surface area (Å²) in [6, 6.07) is 16.3. The zero-order chi connectivity index (χ0) is 15.5. The van der Waals surface area contributed by atoms with Crippen molar-refractivity contribution < 1.29 is 11.0 Å². The SMILES string of the molecule is CC(C)OC(=O)N[C@@H]1C[C@H]1c1cccc(-c2ccccc2)n1.[HH]. The molecule has 0 unspecified atom stereocenters. The quantitative estimate of drug-likeness (QED) is 0.928. The second-order valence-corrected chi connectivity index (χ2v) is 5.86. The molecule has 1 aliphatic rings. The molecule has 1 heterocycles. The average Bonchev–Trinajstić information content (AvgIpc) is 3.26. The van der Waals surface area contributed by atoms with Crippen LogP contribution >= 0.6 is 0 Å². The highest BCUT2D eigenvalue weighted by Crippen LogP contribution is 2.40. The Bertz CT molecular complexity index is 661. The number of rotatable bonds is 4. The van der Waals surface area contributed by atoms with Crippen LogP contribution in [-0.2, 0) is 4.74 Å². The van der Waals surface area contributed by atoms with E-state index in [4.69, 9.17) is 9.72 Å². The van der Waals surface area contributed by atoms with Crippen LogP contribution in [0.2, 0.25) is 0 Å². The molecular formula is C18H22N2O2. The summed E-state index contributed by atoms with van der Waals surface area (Å²) in [5, 5.41) is 2.89. The van der Waals surface area contributed by atoms with Gasteiger partial charge in [-0.15, -0.1) is 0 Å². The first-order valence-electron chi connectivity index (χ1n) is 7.63. The molecular weight excluding hydrogens is 276 g/mol. The van der Waals surface area contributed by atoms with Crippen molar-refractivity contribution in [3.63, 3.8) is 0 Å². The molecule has 3 rings (SSSR count). The Kier molecular flexibility index (Phi) is 4.09. The summed E-state index contributed by atoms with van der Waals surface area (Å²) < 4.78 is 5.11. The lowest BCUT2D eigenvalue weighted by molar-refractivity contribution is 0.115. The van der Waals surface area contributed by atoms with Gasteiger partial charge in [-0.1, -0.05) is 36.4 Å². The molecule has 1 saturated carbocycles. The van der Waals surface area contributed by atoms with Gasteiger partial charge in [0.2, 0.25) is 0 Å². The molecule has 1 N–H and O–H groups in total. The molecule has 4 heteroatoms. The highest BCUT2D eigenvalue weighted by Gasteiger charge is 2.41. The Morgan fingerprint density at radius 1 is 1.23 bits per heavy atom. The molecule has 0 aliphatic heterocycles. The molecule has 1 amide bonds. The maximum Gasteiger partial charge on any atom is 0.407 e. The average molecular weight is 298 g/mol. The van der Waals surface area contributed by atoms with E-state index in [-0.39, 0.29) is 25.6 Å². The van der Waals surface area contributed by atoms with Crippen LogP contribution in [0, 0.1) is 0 Å². The summed E-state index contributed by atoms with van der Waals surface area (Å²) in [6.07, 6.45) is 0.469. The lowest BCUT2D eigenvalue weighted by Gasteiger charge is -2.09. The molecule has 0 bridgehead atoms. The summed E-state index contributed by atoms with van der Waals surface area (Å²) in [7, 11) is 0. The normalized spacial score (nSPS) is 19.8. The number of alkyl carbamates (subject to hydrolysis) is 1. The third kappa shape index (κ3) is 3.45. The molecule has 0 saturated heterocycles. The Balaban J connectivity index is 0.00000192. The van der Waals surface area contributed by atoms with Gasteiger partial charge in [-0.25, -0.2) is 4.79 Å². The molecule has 1 aromatic heterocycles. The number of nitrogens with one attached hydrogen (secondary N) is 1. The zero-order valence-electron chi connectivity index (χ0n) is 12.8. The van der Waals surface area contributed by atoms with Crippen LogP contribution in [0.5, 0.6) is 0 Å². The molecule has 2 aromatic rings. The van der Waals surface area contributed by atoms with Gasteiger partial charge in [0.15, 0.2) is 0 Å². The number of hydrogen-bond acceptors (Lipinski definition) is 3. The maximum atomic E-state index is 11.6. The van der Waals surface area contributed by atoms with Crippen molar-refractivity contribution >= 4 is 6.09 Å². The van der Waals surface area contributed by atoms with Crippen molar-refractivity contribution in [2.45, 2.75) is 38.3 Å². The van der Waals surface area contributed by atoms with Crippen LogP contribution in [0.1, 0.15) is 33.3 Å². The number of carbonyl (C=O) groups excluding carboxylic acids is 1. The van der Waals surface area contributed by atoms with Crippen LogP contribution in [0.4, 0.5) is 4.79 Å². The zero-order valence-corrected chi connectivity index (χ0v) is 12.8. The smallest absolute Gasteiger partial charge is 0.407 e. The van der Waals surface area contributed by atoms with E-state index in [0.717, 1.165) is 23.4 Å². The minimum atomic E-state index is -0.346. The van der Waals surface area contributed by atoms with Crippen molar-refractivity contribution in [1.82, 2.24) is 10.3 Å². The second-order valence-electron chi connectivity index (χ2n) is 5.86. The molecule has 22 heavy (non-hydrogen) atoms. The molecule has 0 radical (unpaired) electrons. The van der Waals surface area contributed by atoms with Crippen molar-refractivity contribution in [2.24, 2.45) is 0 Å². The first-order chi connectivity index (χ1) is 10.6. The van der Waals surface area contributed by atoms with Gasteiger partial charge in [0.05, 0.1) is 11.8 Å². The van der Waals surface area contributed by atoms with E-state index in [0.29, 0.717) is 0 Å². The fourth-order valence-corrected chi connectivity index (χ4v) is 2.51. The van der Waals surface area contributed by atoms with Gasteiger partial charge in [-0.2, -0.15) is 0 Å². The van der Waals surface area contributed by atoms with E-state index in [1.54, 1.807) is 0 Å². The fraction of sp³-hybridized carbons (Fsp3) is 0.333. The predicted octanol–water partition coefficient (Wildman–Crippen LogP) is 3.99. The monoisotopic (exact) mass is 298 g/mol. The Morgan fingerprint density at radius 3 is 2.73 bits per heavy atom. The molecule has 1 aromatic carbocycles. The molecule has 4 nitrogen and oxygen atoms in total. The van der Waals surface area contributed by atoms with Crippen LogP contribution in [0.25, 0.3) is 11.3 Å². The van der Waals surface area contributed by atoms with E-state index >= 15 is 0 Å². The summed E-state index contributed by atoms with van der Waals surface area (Å²) in [4.78, 5) is 16.3. The first kappa shape index (κ1) is 14.6. The van der Waals surface area contributed by atoms with Crippen LogP contribution in [-0.4, -0.2) is 23.2 Å². The number of carbonyl (C=O) groups is 1. The number of ether oxygens (including phenoxy) is 1. The third-order valence-corrected chi connectivity index (χ3v) is 3.66. The van der Waals surface area contributed by atoms with Crippen LogP contribution < -0.4 is 5.32 Å². The molecule has 1 fully saturated rings. The topological polar surface area (TPSA) is 51.2 Å². The standard InChI is InChI=1S/C18H20N2O2.H2/c1-12(2)22-18(21)20-17-11-14(17)16-10-6-9-15(19-16)13-7-4-3-5-8-13;/h3-10,12,14,17H,11H2,1-2H3,(H,20,21);1H/t14-,17+;/m0./s1. The molecule has 2 atom stereocenters. The number of nitrogens with zero attached hydrogens (tertiary/aromatic N) is 1. The van der Waals surface area contributed by atoms with Gasteiger partial charge in [0.25, 0.3) is 0 Å². The highest BCUT2D eigenvalue weighted by atomic mass is 16.6. The number of aromatic nitrogens is 1. The van der Waals surface area contributed by atoms with Gasteiger partial charge in [0.1, 0.15) is 0 Å². The van der Waals surface area contributed by atoms with Crippen LogP contribution in [0.15, 0.2) is 48.5 Å². The number of hydrogen-bond donors (Lipinski definition) is 1. The minimum Gasteiger partial charge on any atom is -0.447 e. The van der Waals surface area contributed by atoms with Gasteiger partial charge >= 0.3 is 6.09 Å². The van der Waals surface area contributed by atoms with Crippen molar-refractivity contribution in [2.75, 3.05) is 0 Å². The van der Waals surface area contributed by atoms with Crippen molar-refractivity contribution in [3.05, 3.63) is 54.2 Å². The van der Waals surface area contributed by atoms with E-state index in [1.807, 2.05) is 50.2 Å². The highest BCUT2D eigenvalue weighted by molar-refractivity contribution is 5.68. The Hall–Kier alpha value is -2.36. The lowest BCUT2D eigenvalue weighted by Crippen LogP contribution is -2.29. The van der Waals surface area contributed by atoms with Crippen molar-refractivity contribution in [3.8, 4) is 11.3 Å². The second kappa shape index (κ2) is 6.18. The van der Waals surface area contributed by atoms with E-state index in [1.165, 1.54) is 0 Å². The largest absolute Gasteiger partial charge is 0.447 e. The summed E-state index contributed by atoms with van der Waals surface area (Å²) in [5.41, 5.74) is 3.10. The minimum absolute atomic E-state index is 0. The number of amides is 1. The van der Waals surface area contributed by atoms with Gasteiger partial charge in [0, 0.05) is 24.6 Å². The number of benzene rings is 1. The Morgan fingerprint density at radius 2 is 2.00 bits per heavy atom. The number of pyridine rings is 1. The third-order valence-electron chi connectivity index (χ3n) is 3.66. The first-order valence-corrected chi connectivity index (χ1v) is 7.63.